The number of carbonyl (C=O) groups is 1. The molecule has 0 aliphatic heterocycles. The van der Waals surface area contributed by atoms with E-state index in [0.29, 0.717) is 0 Å². The van der Waals surface area contributed by atoms with Crippen molar-refractivity contribution in [3.8, 4) is 0 Å². The first-order valence-electron chi connectivity index (χ1n) is 10.7. The Labute approximate surface area is 176 Å². The highest BCUT2D eigenvalue weighted by molar-refractivity contribution is 6.05. The Kier molecular flexibility index (Phi) is 3.73. The topological polar surface area (TPSA) is 30.0 Å². The Morgan fingerprint density at radius 1 is 0.800 bits per heavy atom. The van der Waals surface area contributed by atoms with E-state index in [1.165, 1.54) is 10.9 Å². The van der Waals surface area contributed by atoms with Gasteiger partial charge in [-0.1, -0.05) is 72.8 Å². The van der Waals surface area contributed by atoms with Gasteiger partial charge in [-0.15, -0.1) is 0 Å². The summed E-state index contributed by atoms with van der Waals surface area (Å²) in [6, 6.07) is 31.3. The van der Waals surface area contributed by atoms with Crippen LogP contribution in [-0.2, 0) is 5.41 Å². The lowest BCUT2D eigenvalue weighted by Crippen LogP contribution is -2.47. The van der Waals surface area contributed by atoms with Gasteiger partial charge in [-0.3, -0.25) is 9.78 Å². The van der Waals surface area contributed by atoms with Crippen LogP contribution < -0.4 is 0 Å². The Bertz CT molecular complexity index is 1240. The van der Waals surface area contributed by atoms with Crippen LogP contribution in [0.1, 0.15) is 46.8 Å². The third-order valence-corrected chi connectivity index (χ3v) is 7.46. The summed E-state index contributed by atoms with van der Waals surface area (Å²) in [5.74, 6) is 0.450. The molecule has 4 aromatic rings. The van der Waals surface area contributed by atoms with Gasteiger partial charge in [0.1, 0.15) is 0 Å². The van der Waals surface area contributed by atoms with Crippen molar-refractivity contribution in [3.63, 3.8) is 0 Å². The first-order valence-corrected chi connectivity index (χ1v) is 10.7. The molecule has 1 heterocycles. The van der Waals surface area contributed by atoms with Crippen molar-refractivity contribution < 1.29 is 4.79 Å². The minimum absolute atomic E-state index is 0.0932. The number of rotatable bonds is 4. The number of benzene rings is 3. The number of hydrogen-bond acceptors (Lipinski definition) is 2. The van der Waals surface area contributed by atoms with Gasteiger partial charge in [-0.05, 0) is 59.2 Å². The number of hydrogen-bond donors (Lipinski definition) is 0. The van der Waals surface area contributed by atoms with Gasteiger partial charge in [0, 0.05) is 28.8 Å². The van der Waals surface area contributed by atoms with E-state index >= 15 is 0 Å². The van der Waals surface area contributed by atoms with E-state index in [-0.39, 0.29) is 22.5 Å². The van der Waals surface area contributed by atoms with Crippen molar-refractivity contribution >= 4 is 16.6 Å². The van der Waals surface area contributed by atoms with E-state index in [4.69, 9.17) is 0 Å². The van der Waals surface area contributed by atoms with Crippen molar-refractivity contribution in [2.75, 3.05) is 0 Å². The molecule has 1 atom stereocenters. The second-order valence-electron chi connectivity index (χ2n) is 9.06. The third-order valence-electron chi connectivity index (χ3n) is 7.46. The van der Waals surface area contributed by atoms with E-state index < -0.39 is 0 Å². The lowest BCUT2D eigenvalue weighted by Gasteiger charge is -2.48. The van der Waals surface area contributed by atoms with Gasteiger partial charge in [-0.25, -0.2) is 0 Å². The molecule has 3 fully saturated rings. The molecule has 2 heteroatoms. The van der Waals surface area contributed by atoms with Crippen LogP contribution in [0.3, 0.4) is 0 Å². The van der Waals surface area contributed by atoms with Crippen LogP contribution >= 0.6 is 0 Å². The molecule has 0 amide bonds. The average Bonchev–Trinajstić information content (AvgIpc) is 3.33. The predicted octanol–water partition coefficient (Wildman–Crippen LogP) is 6.32. The summed E-state index contributed by atoms with van der Waals surface area (Å²) in [7, 11) is 0. The van der Waals surface area contributed by atoms with E-state index in [1.807, 2.05) is 36.5 Å². The minimum atomic E-state index is -0.355. The maximum absolute atomic E-state index is 14.0. The normalized spacial score (nSPS) is 27.0. The van der Waals surface area contributed by atoms with Gasteiger partial charge in [0.25, 0.3) is 0 Å². The van der Waals surface area contributed by atoms with Gasteiger partial charge < -0.3 is 0 Å². The molecule has 0 N–H and O–H groups in total. The van der Waals surface area contributed by atoms with Crippen LogP contribution in [-0.4, -0.2) is 10.8 Å². The standard InChI is InChI=1S/C28H23NO/c30-26(22-14-13-20-8-4-5-9-21(20)16-22)28-18-27(19-28,23-10-2-1-3-11-23)17-24(28)25-12-6-7-15-29-25/h1-16,24H,17-19H2/t24-,27?,28?/m0/s1. The largest absolute Gasteiger partial charge is 0.294 e. The molecular weight excluding hydrogens is 366 g/mol. The Morgan fingerprint density at radius 2 is 1.53 bits per heavy atom. The Balaban J connectivity index is 1.44. The first-order chi connectivity index (χ1) is 14.7. The SMILES string of the molecule is O=C(c1ccc2ccccc2c1)C12CC(c3ccccc3)(C[C@H]1c1ccccn1)C2. The lowest BCUT2D eigenvalue weighted by atomic mass is 9.54. The highest BCUT2D eigenvalue weighted by Crippen LogP contribution is 2.73. The molecular formula is C28H23NO. The van der Waals surface area contributed by atoms with Crippen molar-refractivity contribution in [3.05, 3.63) is 114 Å². The predicted molar refractivity (Wildman–Crippen MR) is 120 cm³/mol. The van der Waals surface area contributed by atoms with Gasteiger partial charge in [0.2, 0.25) is 0 Å². The molecule has 0 unspecified atom stereocenters. The molecule has 1 aromatic heterocycles. The summed E-state index contributed by atoms with van der Waals surface area (Å²) in [5, 5.41) is 2.30. The highest BCUT2D eigenvalue weighted by Gasteiger charge is 2.70. The Morgan fingerprint density at radius 3 is 2.30 bits per heavy atom. The molecule has 0 radical (unpaired) electrons. The van der Waals surface area contributed by atoms with Gasteiger partial charge in [-0.2, -0.15) is 0 Å². The third kappa shape index (κ3) is 2.43. The number of ketones is 1. The van der Waals surface area contributed by atoms with E-state index in [1.54, 1.807) is 0 Å². The summed E-state index contributed by atoms with van der Waals surface area (Å²) < 4.78 is 0. The maximum atomic E-state index is 14.0. The van der Waals surface area contributed by atoms with Crippen LogP contribution in [0.15, 0.2) is 97.2 Å². The van der Waals surface area contributed by atoms with Crippen LogP contribution in [0.25, 0.3) is 10.8 Å². The summed E-state index contributed by atoms with van der Waals surface area (Å²) in [6.45, 7) is 0. The van der Waals surface area contributed by atoms with E-state index in [2.05, 4.69) is 65.6 Å². The Hall–Kier alpha value is -3.26. The number of pyridine rings is 1. The molecule has 3 saturated carbocycles. The molecule has 0 saturated heterocycles. The van der Waals surface area contributed by atoms with Crippen LogP contribution in [0.5, 0.6) is 0 Å². The number of carbonyl (C=O) groups excluding carboxylic acids is 1. The molecule has 30 heavy (non-hydrogen) atoms. The van der Waals surface area contributed by atoms with Crippen molar-refractivity contribution in [2.45, 2.75) is 30.6 Å². The molecule has 0 spiro atoms. The second-order valence-corrected chi connectivity index (χ2v) is 9.06. The molecule has 3 aliphatic rings. The van der Waals surface area contributed by atoms with Crippen LogP contribution in [0, 0.1) is 5.41 Å². The number of Topliss-reactive ketones (excluding diaryl/α,β-unsaturated/α-hetero) is 1. The van der Waals surface area contributed by atoms with Crippen LogP contribution in [0.4, 0.5) is 0 Å². The summed E-state index contributed by atoms with van der Waals surface area (Å²) in [5.41, 5.74) is 2.99. The van der Waals surface area contributed by atoms with Crippen molar-refractivity contribution in [1.82, 2.24) is 4.98 Å². The zero-order valence-corrected chi connectivity index (χ0v) is 16.8. The fourth-order valence-corrected chi connectivity index (χ4v) is 6.15. The summed E-state index contributed by atoms with van der Waals surface area (Å²) >= 11 is 0. The fourth-order valence-electron chi connectivity index (χ4n) is 6.15. The van der Waals surface area contributed by atoms with Crippen LogP contribution in [0.2, 0.25) is 0 Å². The fraction of sp³-hybridized carbons (Fsp3) is 0.214. The molecule has 2 nitrogen and oxygen atoms in total. The average molecular weight is 389 g/mol. The smallest absolute Gasteiger partial charge is 0.169 e. The number of nitrogens with zero attached hydrogens (tertiary/aromatic N) is 1. The summed E-state index contributed by atoms with van der Waals surface area (Å²) in [4.78, 5) is 18.7. The van der Waals surface area contributed by atoms with Crippen molar-refractivity contribution in [2.24, 2.45) is 5.41 Å². The first kappa shape index (κ1) is 17.6. The maximum Gasteiger partial charge on any atom is 0.169 e. The van der Waals surface area contributed by atoms with Gasteiger partial charge in [0.15, 0.2) is 5.78 Å². The molecule has 7 rings (SSSR count). The quantitative estimate of drug-likeness (QED) is 0.382. The van der Waals surface area contributed by atoms with Crippen molar-refractivity contribution in [1.29, 1.82) is 0 Å². The zero-order valence-electron chi connectivity index (χ0n) is 16.8. The lowest BCUT2D eigenvalue weighted by molar-refractivity contribution is 0.0537. The molecule has 2 bridgehead atoms. The van der Waals surface area contributed by atoms with Gasteiger partial charge >= 0.3 is 0 Å². The van der Waals surface area contributed by atoms with E-state index in [9.17, 15) is 4.79 Å². The summed E-state index contributed by atoms with van der Waals surface area (Å²) in [6.07, 6.45) is 4.68. The number of aromatic nitrogens is 1. The molecule has 3 aromatic carbocycles. The second kappa shape index (κ2) is 6.37. The minimum Gasteiger partial charge on any atom is -0.294 e. The highest BCUT2D eigenvalue weighted by atomic mass is 16.1. The monoisotopic (exact) mass is 389 g/mol. The zero-order chi connectivity index (χ0) is 20.2. The van der Waals surface area contributed by atoms with E-state index in [0.717, 1.165) is 35.9 Å². The molecule has 146 valence electrons. The number of fused-ring (bicyclic) bond motifs is 2. The van der Waals surface area contributed by atoms with Gasteiger partial charge in [0.05, 0.1) is 0 Å². The molecule has 3 aliphatic carbocycles.